The smallest absolute Gasteiger partial charge is 0.228 e. The first-order valence-corrected chi connectivity index (χ1v) is 11.8. The van der Waals surface area contributed by atoms with Crippen LogP contribution in [-0.2, 0) is 4.79 Å². The lowest BCUT2D eigenvalue weighted by atomic mass is 10.1. The number of piperazine rings is 1. The van der Waals surface area contributed by atoms with Gasteiger partial charge in [0, 0.05) is 43.5 Å². The molecule has 1 aromatic heterocycles. The molecule has 0 unspecified atom stereocenters. The maximum absolute atomic E-state index is 12.8. The van der Waals surface area contributed by atoms with Gasteiger partial charge in [0.1, 0.15) is 5.82 Å². The molecule has 2 fully saturated rings. The van der Waals surface area contributed by atoms with Crippen molar-refractivity contribution in [2.24, 2.45) is 5.92 Å². The number of hydrogen-bond acceptors (Lipinski definition) is 5. The summed E-state index contributed by atoms with van der Waals surface area (Å²) < 4.78 is 0. The summed E-state index contributed by atoms with van der Waals surface area (Å²) in [4.78, 5) is 26.8. The lowest BCUT2D eigenvalue weighted by Crippen LogP contribution is -2.50. The van der Waals surface area contributed by atoms with E-state index in [1.54, 1.807) is 0 Å². The van der Waals surface area contributed by atoms with Crippen LogP contribution < -0.4 is 10.2 Å². The fourth-order valence-corrected chi connectivity index (χ4v) is 4.90. The summed E-state index contributed by atoms with van der Waals surface area (Å²) in [6.07, 6.45) is 4.50. The van der Waals surface area contributed by atoms with E-state index in [1.807, 2.05) is 29.2 Å². The molecule has 6 heteroatoms. The molecule has 1 saturated heterocycles. The Morgan fingerprint density at radius 3 is 2.38 bits per heavy atom. The third-order valence-corrected chi connectivity index (χ3v) is 6.82. The number of amides is 1. The van der Waals surface area contributed by atoms with Crippen LogP contribution in [0.3, 0.4) is 0 Å². The van der Waals surface area contributed by atoms with Gasteiger partial charge in [-0.1, -0.05) is 55.3 Å². The van der Waals surface area contributed by atoms with Crippen LogP contribution in [0.1, 0.15) is 44.2 Å². The Morgan fingerprint density at radius 2 is 1.62 bits per heavy atom. The zero-order valence-corrected chi connectivity index (χ0v) is 18.7. The van der Waals surface area contributed by atoms with E-state index in [-0.39, 0.29) is 12.0 Å². The number of rotatable bonds is 5. The largest absolute Gasteiger partial charge is 0.363 e. The molecule has 32 heavy (non-hydrogen) atoms. The fourth-order valence-electron chi connectivity index (χ4n) is 4.90. The molecule has 1 aliphatic heterocycles. The summed E-state index contributed by atoms with van der Waals surface area (Å²) >= 11 is 0. The third-order valence-electron chi connectivity index (χ3n) is 6.82. The molecule has 2 heterocycles. The second-order valence-corrected chi connectivity index (χ2v) is 8.96. The van der Waals surface area contributed by atoms with Crippen LogP contribution in [0, 0.1) is 5.92 Å². The zero-order chi connectivity index (χ0) is 21.9. The highest BCUT2D eigenvalue weighted by Crippen LogP contribution is 2.29. The van der Waals surface area contributed by atoms with Gasteiger partial charge >= 0.3 is 0 Å². The number of fused-ring (bicyclic) bond motifs is 1. The van der Waals surface area contributed by atoms with Crippen LogP contribution in [0.25, 0.3) is 10.9 Å². The van der Waals surface area contributed by atoms with Crippen LogP contribution in [-0.4, -0.2) is 47.0 Å². The van der Waals surface area contributed by atoms with Crippen molar-refractivity contribution in [2.75, 3.05) is 36.4 Å². The minimum absolute atomic E-state index is 0.128. The Labute approximate surface area is 189 Å². The maximum atomic E-state index is 12.8. The van der Waals surface area contributed by atoms with Gasteiger partial charge in [0.25, 0.3) is 0 Å². The number of anilines is 2. The van der Waals surface area contributed by atoms with Crippen molar-refractivity contribution in [3.8, 4) is 0 Å². The predicted octanol–water partition coefficient (Wildman–Crippen LogP) is 4.64. The van der Waals surface area contributed by atoms with Crippen molar-refractivity contribution in [2.45, 2.75) is 38.6 Å². The number of carbonyl (C=O) groups is 1. The highest BCUT2D eigenvalue weighted by atomic mass is 16.2. The van der Waals surface area contributed by atoms with Crippen molar-refractivity contribution in [3.05, 3.63) is 60.2 Å². The number of nitrogens with one attached hydrogen (secondary N) is 1. The molecule has 0 spiro atoms. The fraction of sp³-hybridized carbons (Fsp3) is 0.423. The first kappa shape index (κ1) is 20.7. The molecule has 1 atom stereocenters. The summed E-state index contributed by atoms with van der Waals surface area (Å²) in [6, 6.07) is 18.7. The van der Waals surface area contributed by atoms with Gasteiger partial charge in [-0.25, -0.2) is 4.98 Å². The molecule has 2 aromatic carbocycles. The number of aromatic nitrogens is 2. The van der Waals surface area contributed by atoms with Crippen molar-refractivity contribution in [1.82, 2.24) is 14.9 Å². The molecule has 1 N–H and O–H groups in total. The van der Waals surface area contributed by atoms with Crippen LogP contribution in [0.4, 0.5) is 11.8 Å². The molecule has 166 valence electrons. The molecule has 1 aliphatic carbocycles. The van der Waals surface area contributed by atoms with E-state index in [2.05, 4.69) is 47.5 Å². The first-order valence-electron chi connectivity index (χ1n) is 11.8. The van der Waals surface area contributed by atoms with Crippen LogP contribution in [0.15, 0.2) is 54.6 Å². The summed E-state index contributed by atoms with van der Waals surface area (Å²) in [5, 5.41) is 4.62. The Kier molecular flexibility index (Phi) is 5.93. The van der Waals surface area contributed by atoms with Gasteiger partial charge in [-0.3, -0.25) is 4.79 Å². The number of para-hydroxylation sites is 1. The van der Waals surface area contributed by atoms with Gasteiger partial charge in [-0.05, 0) is 37.5 Å². The van der Waals surface area contributed by atoms with Gasteiger partial charge in [-0.2, -0.15) is 4.98 Å². The lowest BCUT2D eigenvalue weighted by molar-refractivity contribution is -0.135. The van der Waals surface area contributed by atoms with Crippen molar-refractivity contribution in [1.29, 1.82) is 0 Å². The van der Waals surface area contributed by atoms with E-state index in [9.17, 15) is 4.79 Å². The lowest BCUT2D eigenvalue weighted by Gasteiger charge is -2.36. The number of benzene rings is 2. The van der Waals surface area contributed by atoms with Crippen LogP contribution in [0.2, 0.25) is 0 Å². The molecule has 5 rings (SSSR count). The zero-order valence-electron chi connectivity index (χ0n) is 18.7. The highest BCUT2D eigenvalue weighted by Gasteiger charge is 2.30. The molecule has 1 saturated carbocycles. The normalized spacial score (nSPS) is 18.2. The van der Waals surface area contributed by atoms with E-state index in [0.29, 0.717) is 5.91 Å². The van der Waals surface area contributed by atoms with Gasteiger partial charge < -0.3 is 15.1 Å². The van der Waals surface area contributed by atoms with E-state index in [0.717, 1.165) is 61.7 Å². The van der Waals surface area contributed by atoms with Crippen LogP contribution in [0.5, 0.6) is 0 Å². The Bertz CT molecular complexity index is 1070. The predicted molar refractivity (Wildman–Crippen MR) is 129 cm³/mol. The third kappa shape index (κ3) is 4.27. The van der Waals surface area contributed by atoms with E-state index < -0.39 is 0 Å². The van der Waals surface area contributed by atoms with Gasteiger partial charge in [-0.15, -0.1) is 0 Å². The molecule has 1 amide bonds. The standard InChI is InChI=1S/C26H31N5O/c1-19(20-9-3-2-4-10-20)27-24-22-13-7-8-14-23(22)28-26(29-24)31-17-15-30(16-18-31)25(32)21-11-5-6-12-21/h2-4,7-10,13-14,19,21H,5-6,11-12,15-18H2,1H3,(H,27,28,29)/t19-/m0/s1. The summed E-state index contributed by atoms with van der Waals surface area (Å²) in [7, 11) is 0. The molecule has 0 bridgehead atoms. The van der Waals surface area contributed by atoms with E-state index in [4.69, 9.17) is 9.97 Å². The number of nitrogens with zero attached hydrogens (tertiary/aromatic N) is 4. The Morgan fingerprint density at radius 1 is 0.938 bits per heavy atom. The average molecular weight is 430 g/mol. The van der Waals surface area contributed by atoms with Gasteiger partial charge in [0.2, 0.25) is 11.9 Å². The van der Waals surface area contributed by atoms with Gasteiger partial charge in [0.05, 0.1) is 5.52 Å². The maximum Gasteiger partial charge on any atom is 0.228 e. The summed E-state index contributed by atoms with van der Waals surface area (Å²) in [6.45, 7) is 5.18. The van der Waals surface area contributed by atoms with Crippen molar-refractivity contribution in [3.63, 3.8) is 0 Å². The van der Waals surface area contributed by atoms with Crippen molar-refractivity contribution >= 4 is 28.6 Å². The second-order valence-electron chi connectivity index (χ2n) is 8.96. The summed E-state index contributed by atoms with van der Waals surface area (Å²) in [5.41, 5.74) is 2.15. The Balaban J connectivity index is 1.35. The molecule has 6 nitrogen and oxygen atoms in total. The second kappa shape index (κ2) is 9.15. The highest BCUT2D eigenvalue weighted by molar-refractivity contribution is 5.90. The molecular formula is C26H31N5O. The van der Waals surface area contributed by atoms with E-state index in [1.165, 1.54) is 18.4 Å². The van der Waals surface area contributed by atoms with E-state index >= 15 is 0 Å². The monoisotopic (exact) mass is 429 g/mol. The molecule has 0 radical (unpaired) electrons. The van der Waals surface area contributed by atoms with Crippen molar-refractivity contribution < 1.29 is 4.79 Å². The average Bonchev–Trinajstić information content (AvgIpc) is 3.39. The minimum atomic E-state index is 0.128. The topological polar surface area (TPSA) is 61.4 Å². The molecule has 2 aliphatic rings. The van der Waals surface area contributed by atoms with Crippen LogP contribution >= 0.6 is 0 Å². The Hall–Kier alpha value is -3.15. The molecule has 3 aromatic rings. The quantitative estimate of drug-likeness (QED) is 0.640. The molecular weight excluding hydrogens is 398 g/mol. The van der Waals surface area contributed by atoms with Gasteiger partial charge in [0.15, 0.2) is 0 Å². The summed E-state index contributed by atoms with van der Waals surface area (Å²) in [5.74, 6) is 2.18. The minimum Gasteiger partial charge on any atom is -0.363 e. The number of carbonyl (C=O) groups excluding carboxylic acids is 1. The SMILES string of the molecule is C[C@H](Nc1nc(N2CCN(C(=O)C3CCCC3)CC2)nc2ccccc12)c1ccccc1. The first-order chi connectivity index (χ1) is 15.7. The number of hydrogen-bond donors (Lipinski definition) is 1.